The molecule has 0 fully saturated rings. The summed E-state index contributed by atoms with van der Waals surface area (Å²) in [7, 11) is 3.13. The van der Waals surface area contributed by atoms with E-state index in [0.717, 1.165) is 22.0 Å². The third-order valence-corrected chi connectivity index (χ3v) is 6.45. The van der Waals surface area contributed by atoms with Gasteiger partial charge in [-0.05, 0) is 72.6 Å². The second kappa shape index (κ2) is 12.7. The molecule has 0 unspecified atom stereocenters. The lowest BCUT2D eigenvalue weighted by Gasteiger charge is -2.11. The smallest absolute Gasteiger partial charge is 0.343 e. The lowest BCUT2D eigenvalue weighted by atomic mass is 10.0. The maximum absolute atomic E-state index is 13.3. The second-order valence-corrected chi connectivity index (χ2v) is 9.11. The summed E-state index contributed by atoms with van der Waals surface area (Å²) in [5, 5.41) is 5.03. The number of methoxy groups -OCH3 is 2. The Morgan fingerprint density at radius 1 is 0.857 bits per heavy atom. The molecule has 0 saturated heterocycles. The minimum atomic E-state index is -0.547. The largest absolute Gasteiger partial charge is 0.497 e. The summed E-state index contributed by atoms with van der Waals surface area (Å²) in [5.41, 5.74) is 6.38. The Hall–Kier alpha value is -5.57. The van der Waals surface area contributed by atoms with Crippen molar-refractivity contribution in [2.75, 3.05) is 20.8 Å². The molecule has 0 aliphatic carbocycles. The number of amides is 1. The molecule has 5 aromatic rings. The van der Waals surface area contributed by atoms with Crippen LogP contribution >= 0.6 is 0 Å². The van der Waals surface area contributed by atoms with E-state index in [2.05, 4.69) is 15.5 Å². The van der Waals surface area contributed by atoms with E-state index >= 15 is 0 Å². The standard InChI is InChI=1S/C33H29N3O6/c1-4-41-29-17-21(13-16-28(29)42-33(38)23-11-8-12-24(18-23)39-2)20-34-36-32(37)31-30(22-9-6-5-7-10-22)26-19-25(40-3)14-15-27(26)35-31/h5-20,35H,4H2,1-3H3,(H,36,37). The topological polar surface area (TPSA) is 111 Å². The first-order chi connectivity index (χ1) is 20.5. The van der Waals surface area contributed by atoms with E-state index in [0.29, 0.717) is 40.7 Å². The van der Waals surface area contributed by atoms with Crippen molar-refractivity contribution in [3.05, 3.63) is 108 Å². The Bertz CT molecular complexity index is 1760. The minimum Gasteiger partial charge on any atom is -0.497 e. The molecule has 0 spiro atoms. The molecule has 0 bridgehead atoms. The average molecular weight is 564 g/mol. The van der Waals surface area contributed by atoms with Gasteiger partial charge in [-0.25, -0.2) is 10.2 Å². The minimum absolute atomic E-state index is 0.256. The molecule has 4 aromatic carbocycles. The van der Waals surface area contributed by atoms with Gasteiger partial charge in [0.15, 0.2) is 11.5 Å². The predicted octanol–water partition coefficient (Wildman–Crippen LogP) is 6.23. The fourth-order valence-electron chi connectivity index (χ4n) is 4.46. The van der Waals surface area contributed by atoms with Crippen molar-refractivity contribution in [3.63, 3.8) is 0 Å². The number of nitrogens with one attached hydrogen (secondary N) is 2. The quantitative estimate of drug-likeness (QED) is 0.0902. The maximum Gasteiger partial charge on any atom is 0.343 e. The van der Waals surface area contributed by atoms with E-state index in [1.807, 2.05) is 55.5 Å². The van der Waals surface area contributed by atoms with Gasteiger partial charge in [-0.15, -0.1) is 0 Å². The van der Waals surface area contributed by atoms with Gasteiger partial charge in [0.05, 0.1) is 32.6 Å². The highest BCUT2D eigenvalue weighted by Gasteiger charge is 2.20. The van der Waals surface area contributed by atoms with Crippen LogP contribution in [0.2, 0.25) is 0 Å². The normalized spacial score (nSPS) is 10.9. The Morgan fingerprint density at radius 3 is 2.40 bits per heavy atom. The maximum atomic E-state index is 13.3. The van der Waals surface area contributed by atoms with Crippen molar-refractivity contribution in [3.8, 4) is 34.1 Å². The number of ether oxygens (including phenoxy) is 4. The van der Waals surface area contributed by atoms with Gasteiger partial charge < -0.3 is 23.9 Å². The summed E-state index contributed by atoms with van der Waals surface area (Å²) in [6.07, 6.45) is 1.49. The van der Waals surface area contributed by atoms with Crippen LogP contribution in [0, 0.1) is 0 Å². The van der Waals surface area contributed by atoms with Gasteiger partial charge in [-0.1, -0.05) is 36.4 Å². The number of fused-ring (bicyclic) bond motifs is 1. The van der Waals surface area contributed by atoms with E-state index in [1.165, 1.54) is 13.3 Å². The van der Waals surface area contributed by atoms with Crippen LogP contribution in [0.4, 0.5) is 0 Å². The van der Waals surface area contributed by atoms with Crippen LogP contribution in [-0.2, 0) is 0 Å². The molecule has 9 heteroatoms. The molecule has 0 saturated carbocycles. The molecule has 5 rings (SSSR count). The molecule has 2 N–H and O–H groups in total. The molecule has 1 amide bonds. The number of hydrogen-bond acceptors (Lipinski definition) is 7. The lowest BCUT2D eigenvalue weighted by Crippen LogP contribution is -2.18. The summed E-state index contributed by atoms with van der Waals surface area (Å²) < 4.78 is 21.9. The molecule has 1 heterocycles. The number of carbonyl (C=O) groups is 2. The van der Waals surface area contributed by atoms with Gasteiger partial charge in [0.2, 0.25) is 0 Å². The van der Waals surface area contributed by atoms with Gasteiger partial charge in [0.1, 0.15) is 17.2 Å². The van der Waals surface area contributed by atoms with Gasteiger partial charge in [0.25, 0.3) is 5.91 Å². The van der Waals surface area contributed by atoms with Crippen LogP contribution in [0.1, 0.15) is 33.3 Å². The Morgan fingerprint density at radius 2 is 1.64 bits per heavy atom. The number of benzene rings is 4. The van der Waals surface area contributed by atoms with Crippen molar-refractivity contribution in [1.29, 1.82) is 0 Å². The van der Waals surface area contributed by atoms with Crippen molar-refractivity contribution in [2.45, 2.75) is 6.92 Å². The molecule has 212 valence electrons. The number of nitrogens with zero attached hydrogens (tertiary/aromatic N) is 1. The Balaban J connectivity index is 1.36. The summed E-state index contributed by atoms with van der Waals surface area (Å²) in [6, 6.07) is 26.9. The number of esters is 1. The Kier molecular flexibility index (Phi) is 8.48. The highest BCUT2D eigenvalue weighted by Crippen LogP contribution is 2.35. The van der Waals surface area contributed by atoms with E-state index in [1.54, 1.807) is 49.6 Å². The first-order valence-electron chi connectivity index (χ1n) is 13.2. The van der Waals surface area contributed by atoms with E-state index in [4.69, 9.17) is 18.9 Å². The first-order valence-corrected chi connectivity index (χ1v) is 13.2. The van der Waals surface area contributed by atoms with Crippen LogP contribution in [0.25, 0.3) is 22.0 Å². The first kappa shape index (κ1) is 28.0. The van der Waals surface area contributed by atoms with Crippen LogP contribution < -0.4 is 24.4 Å². The molecular formula is C33H29N3O6. The van der Waals surface area contributed by atoms with Crippen LogP contribution in [-0.4, -0.2) is 43.9 Å². The number of aromatic amines is 1. The summed E-state index contributed by atoms with van der Waals surface area (Å²) in [6.45, 7) is 2.18. The van der Waals surface area contributed by atoms with E-state index < -0.39 is 11.9 Å². The predicted molar refractivity (Wildman–Crippen MR) is 161 cm³/mol. The van der Waals surface area contributed by atoms with E-state index in [9.17, 15) is 9.59 Å². The molecule has 0 aliphatic heterocycles. The molecular weight excluding hydrogens is 534 g/mol. The SMILES string of the molecule is CCOc1cc(C=NNC(=O)c2[nH]c3ccc(OC)cc3c2-c2ccccc2)ccc1OC(=O)c1cccc(OC)c1. The van der Waals surface area contributed by atoms with Crippen LogP contribution in [0.15, 0.2) is 96.1 Å². The number of carbonyl (C=O) groups excluding carboxylic acids is 2. The summed E-state index contributed by atoms with van der Waals surface area (Å²) in [4.78, 5) is 29.2. The highest BCUT2D eigenvalue weighted by molar-refractivity contribution is 6.10. The fourth-order valence-corrected chi connectivity index (χ4v) is 4.46. The average Bonchev–Trinajstić information content (AvgIpc) is 3.41. The zero-order chi connectivity index (χ0) is 29.5. The van der Waals surface area contributed by atoms with Crippen molar-refractivity contribution in [2.24, 2.45) is 5.10 Å². The number of H-pyrrole nitrogens is 1. The summed E-state index contributed by atoms with van der Waals surface area (Å²) in [5.74, 6) is 0.896. The van der Waals surface area contributed by atoms with Crippen molar-refractivity contribution >= 4 is 29.0 Å². The number of aromatic nitrogens is 1. The monoisotopic (exact) mass is 563 g/mol. The number of hydrazone groups is 1. The van der Waals surface area contributed by atoms with E-state index in [-0.39, 0.29) is 5.75 Å². The third-order valence-electron chi connectivity index (χ3n) is 6.45. The van der Waals surface area contributed by atoms with Gasteiger partial charge in [0, 0.05) is 16.5 Å². The van der Waals surface area contributed by atoms with Crippen molar-refractivity contribution < 1.29 is 28.5 Å². The van der Waals surface area contributed by atoms with Gasteiger partial charge in [-0.2, -0.15) is 5.10 Å². The second-order valence-electron chi connectivity index (χ2n) is 9.11. The summed E-state index contributed by atoms with van der Waals surface area (Å²) >= 11 is 0. The zero-order valence-electron chi connectivity index (χ0n) is 23.3. The fraction of sp³-hybridized carbons (Fsp3) is 0.121. The molecule has 0 aliphatic rings. The molecule has 42 heavy (non-hydrogen) atoms. The molecule has 0 atom stereocenters. The third kappa shape index (κ3) is 6.10. The molecule has 1 aromatic heterocycles. The van der Waals surface area contributed by atoms with Gasteiger partial charge in [-0.3, -0.25) is 4.79 Å². The number of hydrogen-bond donors (Lipinski definition) is 2. The van der Waals surface area contributed by atoms with Crippen LogP contribution in [0.5, 0.6) is 23.0 Å². The number of rotatable bonds is 10. The lowest BCUT2D eigenvalue weighted by molar-refractivity contribution is 0.0727. The zero-order valence-corrected chi connectivity index (χ0v) is 23.3. The van der Waals surface area contributed by atoms with Gasteiger partial charge >= 0.3 is 5.97 Å². The van der Waals surface area contributed by atoms with Crippen molar-refractivity contribution in [1.82, 2.24) is 10.4 Å². The molecule has 9 nitrogen and oxygen atoms in total. The Labute approximate surface area is 242 Å². The van der Waals surface area contributed by atoms with Crippen LogP contribution in [0.3, 0.4) is 0 Å². The molecule has 0 radical (unpaired) electrons. The highest BCUT2D eigenvalue weighted by atomic mass is 16.6.